The van der Waals surface area contributed by atoms with Crippen LogP contribution in [0.15, 0.2) is 40.9 Å². The molecule has 0 aliphatic carbocycles. The van der Waals surface area contributed by atoms with Crippen LogP contribution in [0.3, 0.4) is 0 Å². The highest BCUT2D eigenvalue weighted by atomic mass is 79.9. The minimum Gasteiger partial charge on any atom is -0.495 e. The van der Waals surface area contributed by atoms with Gasteiger partial charge in [0, 0.05) is 21.6 Å². The first-order valence-corrected chi connectivity index (χ1v) is 8.04. The fourth-order valence-corrected chi connectivity index (χ4v) is 2.99. The molecule has 2 aromatic rings. The van der Waals surface area contributed by atoms with Crippen molar-refractivity contribution < 1.29 is 4.74 Å². The Morgan fingerprint density at radius 2 is 1.81 bits per heavy atom. The molecule has 0 bridgehead atoms. The maximum atomic E-state index is 6.36. The van der Waals surface area contributed by atoms with Gasteiger partial charge in [0.15, 0.2) is 0 Å². The van der Waals surface area contributed by atoms with Gasteiger partial charge in [-0.3, -0.25) is 0 Å². The molecular formula is C16H16BrCl2NO. The van der Waals surface area contributed by atoms with Crippen molar-refractivity contribution in [3.05, 3.63) is 62.0 Å². The van der Waals surface area contributed by atoms with Crippen molar-refractivity contribution in [1.29, 1.82) is 0 Å². The average molecular weight is 389 g/mol. The first kappa shape index (κ1) is 16.6. The lowest BCUT2D eigenvalue weighted by Crippen LogP contribution is -2.19. The summed E-state index contributed by atoms with van der Waals surface area (Å²) in [5.74, 6) is 0.587. The number of benzene rings is 2. The van der Waals surface area contributed by atoms with E-state index in [9.17, 15) is 0 Å². The molecule has 1 atom stereocenters. The lowest BCUT2D eigenvalue weighted by Gasteiger charge is -2.19. The maximum absolute atomic E-state index is 6.36. The van der Waals surface area contributed by atoms with Gasteiger partial charge in [-0.05, 0) is 42.8 Å². The van der Waals surface area contributed by atoms with E-state index in [1.165, 1.54) is 5.56 Å². The summed E-state index contributed by atoms with van der Waals surface area (Å²) in [7, 11) is 3.49. The minimum atomic E-state index is 0.0853. The van der Waals surface area contributed by atoms with Crippen LogP contribution in [-0.2, 0) is 6.42 Å². The Bertz CT molecular complexity index is 616. The Morgan fingerprint density at radius 3 is 2.38 bits per heavy atom. The zero-order valence-corrected chi connectivity index (χ0v) is 14.9. The van der Waals surface area contributed by atoms with E-state index >= 15 is 0 Å². The van der Waals surface area contributed by atoms with Gasteiger partial charge in [0.25, 0.3) is 0 Å². The fourth-order valence-electron chi connectivity index (χ4n) is 2.19. The van der Waals surface area contributed by atoms with Crippen molar-refractivity contribution in [1.82, 2.24) is 5.32 Å². The summed E-state index contributed by atoms with van der Waals surface area (Å²) in [4.78, 5) is 0. The Balaban J connectivity index is 2.29. The van der Waals surface area contributed by atoms with Crippen LogP contribution in [0.5, 0.6) is 5.75 Å². The number of ether oxygens (including phenoxy) is 1. The topological polar surface area (TPSA) is 21.3 Å². The third kappa shape index (κ3) is 4.13. The Kier molecular flexibility index (Phi) is 5.94. The largest absolute Gasteiger partial charge is 0.495 e. The van der Waals surface area contributed by atoms with Crippen molar-refractivity contribution in [2.24, 2.45) is 0 Å². The van der Waals surface area contributed by atoms with Crippen LogP contribution >= 0.6 is 39.1 Å². The van der Waals surface area contributed by atoms with E-state index < -0.39 is 0 Å². The number of likely N-dealkylation sites (N-methyl/N-ethyl adjacent to an activating group) is 1. The molecule has 0 spiro atoms. The Morgan fingerprint density at radius 1 is 1.14 bits per heavy atom. The summed E-state index contributed by atoms with van der Waals surface area (Å²) in [5.41, 5.74) is 2.19. The summed E-state index contributed by atoms with van der Waals surface area (Å²) in [6.45, 7) is 0. The van der Waals surface area contributed by atoms with E-state index in [1.807, 2.05) is 25.2 Å². The molecular weight excluding hydrogens is 373 g/mol. The van der Waals surface area contributed by atoms with E-state index in [0.717, 1.165) is 16.5 Å². The average Bonchev–Trinajstić information content (AvgIpc) is 2.49. The lowest BCUT2D eigenvalue weighted by molar-refractivity contribution is 0.414. The van der Waals surface area contributed by atoms with Crippen molar-refractivity contribution in [2.75, 3.05) is 14.2 Å². The molecule has 0 amide bonds. The molecule has 2 rings (SSSR count). The van der Waals surface area contributed by atoms with E-state index in [-0.39, 0.29) is 6.04 Å². The molecule has 21 heavy (non-hydrogen) atoms. The van der Waals surface area contributed by atoms with Gasteiger partial charge in [0.05, 0.1) is 12.1 Å². The van der Waals surface area contributed by atoms with Crippen LogP contribution < -0.4 is 10.1 Å². The van der Waals surface area contributed by atoms with Crippen molar-refractivity contribution in [2.45, 2.75) is 12.5 Å². The standard InChI is InChI=1S/C16H16BrCl2NO/c1-20-15(7-10-3-5-11(17)6-4-10)12-8-14(19)16(21-2)9-13(12)18/h3-6,8-9,15,20H,7H2,1-2H3. The highest BCUT2D eigenvalue weighted by molar-refractivity contribution is 9.10. The molecule has 2 nitrogen and oxygen atoms in total. The maximum Gasteiger partial charge on any atom is 0.138 e. The summed E-state index contributed by atoms with van der Waals surface area (Å²) >= 11 is 16.0. The first-order valence-electron chi connectivity index (χ1n) is 6.49. The molecule has 0 aliphatic rings. The predicted octanol–water partition coefficient (Wildman–Crippen LogP) is 5.27. The molecule has 0 fully saturated rings. The highest BCUT2D eigenvalue weighted by Gasteiger charge is 2.16. The van der Waals surface area contributed by atoms with E-state index in [0.29, 0.717) is 15.8 Å². The van der Waals surface area contributed by atoms with Gasteiger partial charge in [0.1, 0.15) is 5.75 Å². The molecule has 2 aromatic carbocycles. The van der Waals surface area contributed by atoms with Gasteiger partial charge in [-0.25, -0.2) is 0 Å². The second-order valence-corrected chi connectivity index (χ2v) is 6.41. The Hall–Kier alpha value is -0.740. The number of rotatable bonds is 5. The second kappa shape index (κ2) is 7.50. The molecule has 0 saturated carbocycles. The zero-order valence-electron chi connectivity index (χ0n) is 11.8. The van der Waals surface area contributed by atoms with Crippen LogP contribution in [0.2, 0.25) is 10.0 Å². The highest BCUT2D eigenvalue weighted by Crippen LogP contribution is 2.35. The van der Waals surface area contributed by atoms with Gasteiger partial charge in [-0.15, -0.1) is 0 Å². The molecule has 0 radical (unpaired) electrons. The van der Waals surface area contributed by atoms with E-state index in [1.54, 1.807) is 13.2 Å². The van der Waals surface area contributed by atoms with Crippen LogP contribution in [0.1, 0.15) is 17.2 Å². The first-order chi connectivity index (χ1) is 10.0. The van der Waals surface area contributed by atoms with Crippen molar-refractivity contribution in [3.8, 4) is 5.75 Å². The molecule has 112 valence electrons. The third-order valence-corrected chi connectivity index (χ3v) is 4.50. The van der Waals surface area contributed by atoms with E-state index in [4.69, 9.17) is 27.9 Å². The summed E-state index contributed by atoms with van der Waals surface area (Å²) in [6.07, 6.45) is 0.826. The van der Waals surface area contributed by atoms with Crippen LogP contribution in [-0.4, -0.2) is 14.2 Å². The van der Waals surface area contributed by atoms with Gasteiger partial charge in [-0.2, -0.15) is 0 Å². The van der Waals surface area contributed by atoms with Gasteiger partial charge in [0.2, 0.25) is 0 Å². The van der Waals surface area contributed by atoms with Gasteiger partial charge < -0.3 is 10.1 Å². The van der Waals surface area contributed by atoms with E-state index in [2.05, 4.69) is 33.4 Å². The number of hydrogen-bond donors (Lipinski definition) is 1. The predicted molar refractivity (Wildman–Crippen MR) is 92.7 cm³/mol. The smallest absolute Gasteiger partial charge is 0.138 e. The monoisotopic (exact) mass is 387 g/mol. The zero-order chi connectivity index (χ0) is 15.4. The van der Waals surface area contributed by atoms with Crippen LogP contribution in [0, 0.1) is 0 Å². The van der Waals surface area contributed by atoms with Crippen LogP contribution in [0.25, 0.3) is 0 Å². The summed E-state index contributed by atoms with van der Waals surface area (Å²) in [5, 5.41) is 4.50. The molecule has 1 N–H and O–H groups in total. The van der Waals surface area contributed by atoms with Crippen molar-refractivity contribution >= 4 is 39.1 Å². The molecule has 0 aliphatic heterocycles. The molecule has 5 heteroatoms. The molecule has 0 heterocycles. The minimum absolute atomic E-state index is 0.0853. The third-order valence-electron chi connectivity index (χ3n) is 3.35. The molecule has 1 unspecified atom stereocenters. The number of hydrogen-bond acceptors (Lipinski definition) is 2. The van der Waals surface area contributed by atoms with Crippen molar-refractivity contribution in [3.63, 3.8) is 0 Å². The molecule has 0 aromatic heterocycles. The number of nitrogens with one attached hydrogen (secondary N) is 1. The van der Waals surface area contributed by atoms with Crippen LogP contribution in [0.4, 0.5) is 0 Å². The fraction of sp³-hybridized carbons (Fsp3) is 0.250. The summed E-state index contributed by atoms with van der Waals surface area (Å²) in [6, 6.07) is 12.0. The van der Waals surface area contributed by atoms with Gasteiger partial charge in [-0.1, -0.05) is 51.3 Å². The normalized spacial score (nSPS) is 12.2. The molecule has 0 saturated heterocycles. The number of halogens is 3. The lowest BCUT2D eigenvalue weighted by atomic mass is 9.99. The Labute approximate surface area is 143 Å². The second-order valence-electron chi connectivity index (χ2n) is 4.68. The van der Waals surface area contributed by atoms with Gasteiger partial charge >= 0.3 is 0 Å². The summed E-state index contributed by atoms with van der Waals surface area (Å²) < 4.78 is 6.25. The quantitative estimate of drug-likeness (QED) is 0.753. The SMILES string of the molecule is CNC(Cc1ccc(Br)cc1)c1cc(Cl)c(OC)cc1Cl. The number of methoxy groups -OCH3 is 1.